The summed E-state index contributed by atoms with van der Waals surface area (Å²) in [7, 11) is 0. The molecule has 0 saturated heterocycles. The second kappa shape index (κ2) is 4.15. The first-order chi connectivity index (χ1) is 7.63. The lowest BCUT2D eigenvalue weighted by atomic mass is 10.1. The van der Waals surface area contributed by atoms with Crippen LogP contribution < -0.4 is 5.32 Å². The van der Waals surface area contributed by atoms with E-state index in [0.717, 1.165) is 12.2 Å². The third kappa shape index (κ3) is 1.77. The van der Waals surface area contributed by atoms with Gasteiger partial charge < -0.3 is 14.6 Å². The minimum absolute atomic E-state index is 0.354. The normalized spacial score (nSPS) is 23.4. The van der Waals surface area contributed by atoms with Crippen LogP contribution in [-0.2, 0) is 4.74 Å². The summed E-state index contributed by atoms with van der Waals surface area (Å²) in [6.07, 6.45) is 2.73. The van der Waals surface area contributed by atoms with Crippen LogP contribution in [0.25, 0.3) is 0 Å². The molecule has 88 valence electrons. The van der Waals surface area contributed by atoms with Crippen LogP contribution >= 0.6 is 0 Å². The van der Waals surface area contributed by atoms with E-state index < -0.39 is 0 Å². The molecule has 2 atom stereocenters. The summed E-state index contributed by atoms with van der Waals surface area (Å²) in [5.74, 6) is 0.426. The van der Waals surface area contributed by atoms with E-state index in [1.165, 1.54) is 0 Å². The number of hydrogen-bond acceptors (Lipinski definition) is 4. The third-order valence-electron chi connectivity index (χ3n) is 2.82. The average Bonchev–Trinajstić information content (AvgIpc) is 2.61. The highest BCUT2D eigenvalue weighted by Crippen LogP contribution is 2.29. The van der Waals surface area contributed by atoms with Gasteiger partial charge in [0.1, 0.15) is 5.82 Å². The number of imidazole rings is 1. The second-order valence-corrected chi connectivity index (χ2v) is 4.20. The number of esters is 1. The van der Waals surface area contributed by atoms with Crippen molar-refractivity contribution >= 4 is 11.8 Å². The molecule has 0 spiro atoms. The van der Waals surface area contributed by atoms with Crippen LogP contribution in [0.15, 0.2) is 6.33 Å². The highest BCUT2D eigenvalue weighted by Gasteiger charge is 2.27. The van der Waals surface area contributed by atoms with Gasteiger partial charge in [-0.15, -0.1) is 0 Å². The van der Waals surface area contributed by atoms with Crippen molar-refractivity contribution in [2.24, 2.45) is 0 Å². The highest BCUT2D eigenvalue weighted by molar-refractivity contribution is 5.92. The van der Waals surface area contributed by atoms with Gasteiger partial charge in [0, 0.05) is 12.1 Å². The Bertz CT molecular complexity index is 400. The Kier molecular flexibility index (Phi) is 2.85. The van der Waals surface area contributed by atoms with Gasteiger partial charge in [-0.05, 0) is 27.2 Å². The van der Waals surface area contributed by atoms with Crippen LogP contribution in [-0.4, -0.2) is 28.2 Å². The average molecular weight is 223 g/mol. The lowest BCUT2D eigenvalue weighted by Gasteiger charge is -2.28. The lowest BCUT2D eigenvalue weighted by molar-refractivity contribution is 0.0521. The van der Waals surface area contributed by atoms with Gasteiger partial charge in [-0.2, -0.15) is 0 Å². The molecule has 5 nitrogen and oxygen atoms in total. The summed E-state index contributed by atoms with van der Waals surface area (Å²) >= 11 is 0. The molecule has 0 unspecified atom stereocenters. The lowest BCUT2D eigenvalue weighted by Crippen LogP contribution is -2.29. The molecule has 5 heteroatoms. The quantitative estimate of drug-likeness (QED) is 0.777. The van der Waals surface area contributed by atoms with E-state index in [1.807, 2.05) is 4.57 Å². The van der Waals surface area contributed by atoms with Gasteiger partial charge in [-0.3, -0.25) is 0 Å². The standard InChI is InChI=1S/C11H17N3O2/c1-4-16-11(15)9-10-13-7(2)5-8(3)14(10)6-12-9/h6-8,13H,4-5H2,1-3H3/t7-,8+/m1/s1. The van der Waals surface area contributed by atoms with Gasteiger partial charge in [0.15, 0.2) is 5.69 Å². The largest absolute Gasteiger partial charge is 0.461 e. The Morgan fingerprint density at radius 2 is 2.44 bits per heavy atom. The summed E-state index contributed by atoms with van der Waals surface area (Å²) in [4.78, 5) is 15.8. The maximum absolute atomic E-state index is 11.7. The van der Waals surface area contributed by atoms with E-state index in [9.17, 15) is 4.79 Å². The number of hydrogen-bond donors (Lipinski definition) is 1. The predicted octanol–water partition coefficient (Wildman–Crippen LogP) is 1.82. The fourth-order valence-corrected chi connectivity index (χ4v) is 2.10. The monoisotopic (exact) mass is 223 g/mol. The van der Waals surface area contributed by atoms with Crippen molar-refractivity contribution in [1.82, 2.24) is 9.55 Å². The van der Waals surface area contributed by atoms with Crippen molar-refractivity contribution in [3.05, 3.63) is 12.0 Å². The summed E-state index contributed by atoms with van der Waals surface area (Å²) in [5, 5.41) is 3.28. The summed E-state index contributed by atoms with van der Waals surface area (Å²) in [6.45, 7) is 6.38. The van der Waals surface area contributed by atoms with Gasteiger partial charge in [0.2, 0.25) is 0 Å². The molecule has 1 aliphatic heterocycles. The molecule has 2 rings (SSSR count). The van der Waals surface area contributed by atoms with Crippen LogP contribution in [0, 0.1) is 0 Å². The highest BCUT2D eigenvalue weighted by atomic mass is 16.5. The van der Waals surface area contributed by atoms with Crippen molar-refractivity contribution in [3.63, 3.8) is 0 Å². The zero-order chi connectivity index (χ0) is 11.7. The van der Waals surface area contributed by atoms with E-state index in [0.29, 0.717) is 24.4 Å². The van der Waals surface area contributed by atoms with Gasteiger partial charge in [-0.1, -0.05) is 0 Å². The number of aromatic nitrogens is 2. The molecule has 1 aliphatic rings. The number of rotatable bonds is 2. The van der Waals surface area contributed by atoms with Gasteiger partial charge >= 0.3 is 5.97 Å². The SMILES string of the molecule is CCOC(=O)c1ncn2c1N[C@H](C)C[C@@H]2C. The number of carbonyl (C=O) groups excluding carboxylic acids is 1. The number of fused-ring (bicyclic) bond motifs is 1. The van der Waals surface area contributed by atoms with Crippen LogP contribution in [0.5, 0.6) is 0 Å². The van der Waals surface area contributed by atoms with E-state index in [4.69, 9.17) is 4.74 Å². The fourth-order valence-electron chi connectivity index (χ4n) is 2.10. The maximum atomic E-state index is 11.7. The Hall–Kier alpha value is -1.52. The molecule has 1 N–H and O–H groups in total. The van der Waals surface area contributed by atoms with Crippen molar-refractivity contribution in [3.8, 4) is 0 Å². The number of ether oxygens (including phenoxy) is 1. The van der Waals surface area contributed by atoms with E-state index in [1.54, 1.807) is 13.3 Å². The maximum Gasteiger partial charge on any atom is 0.360 e. The molecule has 0 saturated carbocycles. The minimum atomic E-state index is -0.356. The zero-order valence-electron chi connectivity index (χ0n) is 9.86. The molecule has 0 aromatic carbocycles. The molecule has 0 amide bonds. The summed E-state index contributed by atoms with van der Waals surface area (Å²) in [5.41, 5.74) is 0.389. The van der Waals surface area contributed by atoms with Crippen LogP contribution in [0.4, 0.5) is 5.82 Å². The van der Waals surface area contributed by atoms with Crippen molar-refractivity contribution in [2.75, 3.05) is 11.9 Å². The van der Waals surface area contributed by atoms with E-state index in [2.05, 4.69) is 24.1 Å². The first kappa shape index (κ1) is 11.0. The Morgan fingerprint density at radius 3 is 3.12 bits per heavy atom. The number of nitrogens with one attached hydrogen (secondary N) is 1. The molecule has 0 aliphatic carbocycles. The molecule has 16 heavy (non-hydrogen) atoms. The molecule has 1 aromatic heterocycles. The molecule has 0 fully saturated rings. The zero-order valence-corrected chi connectivity index (χ0v) is 9.86. The van der Waals surface area contributed by atoms with Crippen LogP contribution in [0.1, 0.15) is 43.7 Å². The van der Waals surface area contributed by atoms with Crippen LogP contribution in [0.2, 0.25) is 0 Å². The predicted molar refractivity (Wildman–Crippen MR) is 60.6 cm³/mol. The van der Waals surface area contributed by atoms with Gasteiger partial charge in [0.05, 0.1) is 12.9 Å². The molecule has 1 aromatic rings. The number of carbonyl (C=O) groups is 1. The molecular formula is C11H17N3O2. The third-order valence-corrected chi connectivity index (χ3v) is 2.82. The second-order valence-electron chi connectivity index (χ2n) is 4.20. The smallest absolute Gasteiger partial charge is 0.360 e. The van der Waals surface area contributed by atoms with Crippen LogP contribution in [0.3, 0.4) is 0 Å². The molecule has 2 heterocycles. The van der Waals surface area contributed by atoms with E-state index >= 15 is 0 Å². The molecular weight excluding hydrogens is 206 g/mol. The van der Waals surface area contributed by atoms with Gasteiger partial charge in [0.25, 0.3) is 0 Å². The van der Waals surface area contributed by atoms with E-state index in [-0.39, 0.29) is 5.97 Å². The molecule has 0 radical (unpaired) electrons. The minimum Gasteiger partial charge on any atom is -0.461 e. The summed E-state index contributed by atoms with van der Waals surface area (Å²) < 4.78 is 6.96. The van der Waals surface area contributed by atoms with Crippen molar-refractivity contribution < 1.29 is 9.53 Å². The van der Waals surface area contributed by atoms with Gasteiger partial charge in [-0.25, -0.2) is 9.78 Å². The summed E-state index contributed by atoms with van der Waals surface area (Å²) in [6, 6.07) is 0.717. The number of anilines is 1. The van der Waals surface area contributed by atoms with Crippen molar-refractivity contribution in [2.45, 2.75) is 39.3 Å². The fraction of sp³-hybridized carbons (Fsp3) is 0.636. The first-order valence-corrected chi connectivity index (χ1v) is 5.64. The topological polar surface area (TPSA) is 56.1 Å². The first-order valence-electron chi connectivity index (χ1n) is 5.64. The van der Waals surface area contributed by atoms with Crippen molar-refractivity contribution in [1.29, 1.82) is 0 Å². The number of nitrogens with zero attached hydrogens (tertiary/aromatic N) is 2. The molecule has 0 bridgehead atoms. The Balaban J connectivity index is 2.32. The Labute approximate surface area is 94.8 Å². The Morgan fingerprint density at radius 1 is 1.69 bits per heavy atom.